The number of hydrogen-bond acceptors (Lipinski definition) is 3. The molecule has 3 nitrogen and oxygen atoms in total. The molecule has 0 aliphatic carbocycles. The second kappa shape index (κ2) is 2.60. The van der Waals surface area contributed by atoms with E-state index in [-0.39, 0.29) is 13.0 Å². The standard InChI is InChI=1S/C5H9FO3/c6-5-1-3(8)4(2-7)9-5/h3-5,7-8H,1-2H2/t3-,4+,5?/m0/s1. The van der Waals surface area contributed by atoms with E-state index in [2.05, 4.69) is 4.74 Å². The number of alkyl halides is 1. The van der Waals surface area contributed by atoms with E-state index in [0.717, 1.165) is 0 Å². The summed E-state index contributed by atoms with van der Waals surface area (Å²) < 4.78 is 16.6. The van der Waals surface area contributed by atoms with E-state index in [1.165, 1.54) is 0 Å². The van der Waals surface area contributed by atoms with Crippen LogP contribution in [0.2, 0.25) is 0 Å². The Balaban J connectivity index is 2.38. The molecule has 9 heavy (non-hydrogen) atoms. The largest absolute Gasteiger partial charge is 0.394 e. The summed E-state index contributed by atoms with van der Waals surface area (Å²) in [6, 6.07) is 0. The van der Waals surface area contributed by atoms with Gasteiger partial charge in [-0.25, -0.2) is 4.39 Å². The number of halogens is 1. The van der Waals surface area contributed by atoms with Crippen molar-refractivity contribution in [3.8, 4) is 0 Å². The second-order valence-electron chi connectivity index (χ2n) is 2.07. The molecule has 1 heterocycles. The van der Waals surface area contributed by atoms with Crippen molar-refractivity contribution in [1.82, 2.24) is 0 Å². The second-order valence-corrected chi connectivity index (χ2v) is 2.07. The molecular formula is C5H9FO3. The van der Waals surface area contributed by atoms with Crippen LogP contribution in [0.15, 0.2) is 0 Å². The summed E-state index contributed by atoms with van der Waals surface area (Å²) in [5.74, 6) is 0. The van der Waals surface area contributed by atoms with Gasteiger partial charge in [0.25, 0.3) is 0 Å². The predicted molar refractivity (Wildman–Crippen MR) is 27.5 cm³/mol. The number of rotatable bonds is 1. The number of hydrogen-bond donors (Lipinski definition) is 2. The van der Waals surface area contributed by atoms with Gasteiger partial charge >= 0.3 is 0 Å². The van der Waals surface area contributed by atoms with E-state index >= 15 is 0 Å². The van der Waals surface area contributed by atoms with Crippen LogP contribution in [0.25, 0.3) is 0 Å². The Morgan fingerprint density at radius 1 is 1.67 bits per heavy atom. The van der Waals surface area contributed by atoms with Crippen LogP contribution in [0, 0.1) is 0 Å². The average Bonchev–Trinajstić information content (AvgIpc) is 2.10. The van der Waals surface area contributed by atoms with Crippen molar-refractivity contribution in [2.24, 2.45) is 0 Å². The summed E-state index contributed by atoms with van der Waals surface area (Å²) in [4.78, 5) is 0. The van der Waals surface area contributed by atoms with Gasteiger partial charge in [0.15, 0.2) is 0 Å². The fraction of sp³-hybridized carbons (Fsp3) is 1.00. The normalized spacial score (nSPS) is 43.7. The molecule has 54 valence electrons. The highest BCUT2D eigenvalue weighted by Gasteiger charge is 2.32. The molecule has 2 N–H and O–H groups in total. The molecule has 1 fully saturated rings. The Hall–Kier alpha value is -0.190. The zero-order valence-corrected chi connectivity index (χ0v) is 4.83. The minimum atomic E-state index is -1.41. The minimum absolute atomic E-state index is 0.0226. The van der Waals surface area contributed by atoms with E-state index in [1.807, 2.05) is 0 Å². The first-order chi connectivity index (χ1) is 4.24. The molecule has 4 heteroatoms. The fourth-order valence-corrected chi connectivity index (χ4v) is 0.842. The molecule has 1 rings (SSSR count). The maximum atomic E-state index is 12.1. The van der Waals surface area contributed by atoms with E-state index in [9.17, 15) is 4.39 Å². The van der Waals surface area contributed by atoms with Crippen molar-refractivity contribution in [2.45, 2.75) is 25.0 Å². The summed E-state index contributed by atoms with van der Waals surface area (Å²) >= 11 is 0. The Morgan fingerprint density at radius 3 is 2.56 bits per heavy atom. The molecule has 0 spiro atoms. The lowest BCUT2D eigenvalue weighted by Gasteiger charge is -2.07. The smallest absolute Gasteiger partial charge is 0.201 e. The molecule has 0 saturated carbocycles. The first-order valence-electron chi connectivity index (χ1n) is 2.82. The van der Waals surface area contributed by atoms with Gasteiger partial charge in [-0.2, -0.15) is 0 Å². The monoisotopic (exact) mass is 136 g/mol. The van der Waals surface area contributed by atoms with Crippen LogP contribution in [-0.4, -0.2) is 35.4 Å². The third kappa shape index (κ3) is 1.38. The lowest BCUT2D eigenvalue weighted by molar-refractivity contribution is -0.0656. The molecule has 1 aliphatic heterocycles. The van der Waals surface area contributed by atoms with Gasteiger partial charge < -0.3 is 14.9 Å². The summed E-state index contributed by atoms with van der Waals surface area (Å²) in [5.41, 5.74) is 0. The van der Waals surface area contributed by atoms with Crippen LogP contribution in [0.1, 0.15) is 6.42 Å². The van der Waals surface area contributed by atoms with E-state index in [4.69, 9.17) is 10.2 Å². The number of aliphatic hydroxyl groups excluding tert-OH is 2. The molecule has 1 unspecified atom stereocenters. The van der Waals surface area contributed by atoms with Crippen molar-refractivity contribution in [3.05, 3.63) is 0 Å². The molecule has 3 atom stereocenters. The fourth-order valence-electron chi connectivity index (χ4n) is 0.842. The molecule has 0 amide bonds. The molecule has 1 saturated heterocycles. The molecular weight excluding hydrogens is 127 g/mol. The lowest BCUT2D eigenvalue weighted by Crippen LogP contribution is -2.24. The molecule has 1 aliphatic rings. The topological polar surface area (TPSA) is 49.7 Å². The highest BCUT2D eigenvalue weighted by molar-refractivity contribution is 4.76. The van der Waals surface area contributed by atoms with Crippen LogP contribution in [0.4, 0.5) is 4.39 Å². The molecule has 0 radical (unpaired) electrons. The van der Waals surface area contributed by atoms with Crippen LogP contribution in [0.3, 0.4) is 0 Å². The van der Waals surface area contributed by atoms with Crippen LogP contribution >= 0.6 is 0 Å². The zero-order chi connectivity index (χ0) is 6.85. The lowest BCUT2D eigenvalue weighted by atomic mass is 10.2. The first kappa shape index (κ1) is 6.92. The third-order valence-electron chi connectivity index (χ3n) is 1.36. The summed E-state index contributed by atoms with van der Waals surface area (Å²) in [6.07, 6.45) is -2.99. The number of ether oxygens (including phenoxy) is 1. The van der Waals surface area contributed by atoms with Gasteiger partial charge in [-0.15, -0.1) is 0 Å². The Kier molecular flexibility index (Phi) is 2.00. The van der Waals surface area contributed by atoms with E-state index in [1.54, 1.807) is 0 Å². The van der Waals surface area contributed by atoms with Crippen molar-refractivity contribution >= 4 is 0 Å². The highest BCUT2D eigenvalue weighted by Crippen LogP contribution is 2.20. The van der Waals surface area contributed by atoms with Gasteiger partial charge in [0, 0.05) is 6.42 Å². The van der Waals surface area contributed by atoms with Gasteiger partial charge in [-0.1, -0.05) is 0 Å². The van der Waals surface area contributed by atoms with Gasteiger partial charge in [0.1, 0.15) is 6.10 Å². The number of aliphatic hydroxyl groups is 2. The quantitative estimate of drug-likeness (QED) is 0.507. The van der Waals surface area contributed by atoms with Crippen molar-refractivity contribution in [1.29, 1.82) is 0 Å². The summed E-state index contributed by atoms with van der Waals surface area (Å²) in [5, 5.41) is 17.2. The Morgan fingerprint density at radius 2 is 2.33 bits per heavy atom. The predicted octanol–water partition coefficient (Wildman–Crippen LogP) is -0.576. The highest BCUT2D eigenvalue weighted by atomic mass is 19.1. The molecule has 0 aromatic heterocycles. The zero-order valence-electron chi connectivity index (χ0n) is 4.83. The van der Waals surface area contributed by atoms with E-state index < -0.39 is 18.6 Å². The van der Waals surface area contributed by atoms with Gasteiger partial charge in [0.2, 0.25) is 6.36 Å². The molecule has 0 bridgehead atoms. The third-order valence-corrected chi connectivity index (χ3v) is 1.36. The summed E-state index contributed by atoms with van der Waals surface area (Å²) in [7, 11) is 0. The minimum Gasteiger partial charge on any atom is -0.394 e. The van der Waals surface area contributed by atoms with E-state index in [0.29, 0.717) is 0 Å². The average molecular weight is 136 g/mol. The van der Waals surface area contributed by atoms with Gasteiger partial charge in [-0.3, -0.25) is 0 Å². The van der Waals surface area contributed by atoms with Crippen LogP contribution in [-0.2, 0) is 4.74 Å². The maximum absolute atomic E-state index is 12.1. The van der Waals surface area contributed by atoms with Crippen molar-refractivity contribution in [2.75, 3.05) is 6.61 Å². The summed E-state index contributed by atoms with van der Waals surface area (Å²) in [6.45, 7) is -0.318. The van der Waals surface area contributed by atoms with Gasteiger partial charge in [-0.05, 0) is 0 Å². The van der Waals surface area contributed by atoms with Gasteiger partial charge in [0.05, 0.1) is 12.7 Å². The SMILES string of the molecule is OC[C@H]1OC(F)C[C@@H]1O. The molecule has 0 aromatic carbocycles. The van der Waals surface area contributed by atoms with Crippen LogP contribution < -0.4 is 0 Å². The maximum Gasteiger partial charge on any atom is 0.201 e. The molecule has 0 aromatic rings. The van der Waals surface area contributed by atoms with Crippen molar-refractivity contribution < 1.29 is 19.3 Å². The Labute approximate surface area is 52.1 Å². The Bertz CT molecular complexity index is 98.2. The van der Waals surface area contributed by atoms with Crippen LogP contribution in [0.5, 0.6) is 0 Å². The first-order valence-corrected chi connectivity index (χ1v) is 2.82. The van der Waals surface area contributed by atoms with Crippen molar-refractivity contribution in [3.63, 3.8) is 0 Å².